The third-order valence-electron chi connectivity index (χ3n) is 5.53. The van der Waals surface area contributed by atoms with E-state index in [0.717, 1.165) is 13.1 Å². The summed E-state index contributed by atoms with van der Waals surface area (Å²) in [6, 6.07) is 1.96. The van der Waals surface area contributed by atoms with Crippen molar-refractivity contribution in [3.8, 4) is 0 Å². The Hall–Kier alpha value is -0.810. The highest BCUT2D eigenvalue weighted by Gasteiger charge is 2.57. The number of piperidine rings is 2. The van der Waals surface area contributed by atoms with Crippen LogP contribution in [0.15, 0.2) is 0 Å². The molecule has 5 nitrogen and oxygen atoms in total. The molecule has 1 N–H and O–H groups in total. The second-order valence-corrected chi connectivity index (χ2v) is 8.81. The average molecular weight is 323 g/mol. The van der Waals surface area contributed by atoms with E-state index in [-0.39, 0.29) is 6.09 Å². The summed E-state index contributed by atoms with van der Waals surface area (Å²) in [7, 11) is 0. The Morgan fingerprint density at radius 3 is 2.17 bits per heavy atom. The first-order valence-electron chi connectivity index (χ1n) is 9.22. The molecule has 0 radical (unpaired) electrons. The van der Waals surface area contributed by atoms with E-state index in [1.165, 1.54) is 25.9 Å². The van der Waals surface area contributed by atoms with E-state index in [9.17, 15) is 4.79 Å². The van der Waals surface area contributed by atoms with Gasteiger partial charge in [0.05, 0.1) is 0 Å². The van der Waals surface area contributed by atoms with Gasteiger partial charge in [0.2, 0.25) is 0 Å². The van der Waals surface area contributed by atoms with E-state index in [2.05, 4.69) is 24.1 Å². The number of rotatable bonds is 3. The minimum absolute atomic E-state index is 0.145. The van der Waals surface area contributed by atoms with Gasteiger partial charge in [-0.3, -0.25) is 0 Å². The average Bonchev–Trinajstić information content (AvgIpc) is 2.90. The quantitative estimate of drug-likeness (QED) is 0.866. The second kappa shape index (κ2) is 6.25. The molecule has 5 heteroatoms. The lowest BCUT2D eigenvalue weighted by atomic mass is 10.0. The van der Waals surface area contributed by atoms with Gasteiger partial charge in [-0.05, 0) is 72.4 Å². The molecule has 23 heavy (non-hydrogen) atoms. The molecule has 1 saturated carbocycles. The number of hydrogen-bond donors (Lipinski definition) is 1. The first-order chi connectivity index (χ1) is 10.7. The van der Waals surface area contributed by atoms with Gasteiger partial charge in [0.1, 0.15) is 5.60 Å². The van der Waals surface area contributed by atoms with Crippen molar-refractivity contribution in [2.24, 2.45) is 11.8 Å². The number of carbonyl (C=O) groups excluding carboxylic acids is 1. The van der Waals surface area contributed by atoms with Gasteiger partial charge in [-0.1, -0.05) is 0 Å². The molecule has 0 aromatic rings. The fourth-order valence-corrected chi connectivity index (χ4v) is 4.10. The molecule has 2 saturated heterocycles. The molecule has 0 bridgehead atoms. The third kappa shape index (κ3) is 4.00. The lowest BCUT2D eigenvalue weighted by Crippen LogP contribution is -2.47. The summed E-state index contributed by atoms with van der Waals surface area (Å²) in [5.74, 6) is 1.29. The molecule has 2 aliphatic heterocycles. The van der Waals surface area contributed by atoms with Crippen molar-refractivity contribution in [1.82, 2.24) is 15.1 Å². The van der Waals surface area contributed by atoms with Crippen LogP contribution >= 0.6 is 0 Å². The van der Waals surface area contributed by atoms with Gasteiger partial charge in [0.25, 0.3) is 0 Å². The van der Waals surface area contributed by atoms with Crippen molar-refractivity contribution in [1.29, 1.82) is 0 Å². The molecule has 3 fully saturated rings. The Morgan fingerprint density at radius 2 is 1.70 bits per heavy atom. The number of hydrogen-bond acceptors (Lipinski definition) is 4. The van der Waals surface area contributed by atoms with Crippen LogP contribution in [-0.2, 0) is 4.74 Å². The van der Waals surface area contributed by atoms with Crippen LogP contribution in [0.25, 0.3) is 0 Å². The number of nitrogens with zero attached hydrogens (tertiary/aromatic N) is 2. The van der Waals surface area contributed by atoms with E-state index in [1.54, 1.807) is 0 Å². The maximum Gasteiger partial charge on any atom is 0.410 e. The zero-order chi connectivity index (χ0) is 16.8. The Balaban J connectivity index is 1.39. The van der Waals surface area contributed by atoms with E-state index >= 15 is 0 Å². The van der Waals surface area contributed by atoms with Crippen LogP contribution in [0.5, 0.6) is 0 Å². The predicted molar refractivity (Wildman–Crippen MR) is 91.4 cm³/mol. The molecular formula is C18H33N3O2. The van der Waals surface area contributed by atoms with Gasteiger partial charge in [0, 0.05) is 31.2 Å². The monoisotopic (exact) mass is 323 g/mol. The van der Waals surface area contributed by atoms with E-state index in [0.29, 0.717) is 30.0 Å². The summed E-state index contributed by atoms with van der Waals surface area (Å²) in [6.07, 6.45) is 2.36. The normalized spacial score (nSPS) is 32.3. The lowest BCUT2D eigenvalue weighted by Gasteiger charge is -2.35. The third-order valence-corrected chi connectivity index (χ3v) is 5.53. The Labute approximate surface area is 140 Å². The minimum Gasteiger partial charge on any atom is -0.444 e. The molecule has 2 unspecified atom stereocenters. The van der Waals surface area contributed by atoms with Crippen molar-refractivity contribution in [2.75, 3.05) is 26.2 Å². The molecule has 0 spiro atoms. The zero-order valence-electron chi connectivity index (χ0n) is 15.3. The molecule has 132 valence electrons. The summed E-state index contributed by atoms with van der Waals surface area (Å²) < 4.78 is 5.47. The number of amides is 1. The molecular weight excluding hydrogens is 290 g/mol. The summed E-state index contributed by atoms with van der Waals surface area (Å²) in [6.45, 7) is 14.5. The van der Waals surface area contributed by atoms with Gasteiger partial charge in [-0.25, -0.2) is 4.79 Å². The minimum atomic E-state index is -0.397. The standard InChI is InChI=1S/C18H33N3O2/c1-12(2)20-8-6-13(7-9-20)19-16-14-10-21(11-15(14)16)17(22)23-18(3,4)5/h12-16,19H,6-11H2,1-5H3. The highest BCUT2D eigenvalue weighted by molar-refractivity contribution is 5.69. The number of fused-ring (bicyclic) bond motifs is 1. The molecule has 0 aromatic heterocycles. The molecule has 3 aliphatic rings. The van der Waals surface area contributed by atoms with Gasteiger partial charge >= 0.3 is 6.09 Å². The second-order valence-electron chi connectivity index (χ2n) is 8.81. The largest absolute Gasteiger partial charge is 0.444 e. The smallest absolute Gasteiger partial charge is 0.410 e. The van der Waals surface area contributed by atoms with E-state index in [4.69, 9.17) is 4.74 Å². The summed E-state index contributed by atoms with van der Waals surface area (Å²) >= 11 is 0. The van der Waals surface area contributed by atoms with E-state index < -0.39 is 5.60 Å². The number of carbonyl (C=O) groups is 1. The van der Waals surface area contributed by atoms with Crippen LogP contribution < -0.4 is 5.32 Å². The van der Waals surface area contributed by atoms with Gasteiger partial charge in [-0.15, -0.1) is 0 Å². The van der Waals surface area contributed by atoms with Gasteiger partial charge < -0.3 is 19.9 Å². The lowest BCUT2D eigenvalue weighted by molar-refractivity contribution is 0.0268. The number of ether oxygens (including phenoxy) is 1. The number of nitrogens with one attached hydrogen (secondary N) is 1. The van der Waals surface area contributed by atoms with Crippen LogP contribution in [0.1, 0.15) is 47.5 Å². The van der Waals surface area contributed by atoms with Crippen LogP contribution in [0, 0.1) is 11.8 Å². The number of likely N-dealkylation sites (tertiary alicyclic amines) is 2. The van der Waals surface area contributed by atoms with Crippen molar-refractivity contribution >= 4 is 6.09 Å². The topological polar surface area (TPSA) is 44.8 Å². The van der Waals surface area contributed by atoms with Crippen LogP contribution in [-0.4, -0.2) is 65.8 Å². The van der Waals surface area contributed by atoms with Gasteiger partial charge in [-0.2, -0.15) is 0 Å². The van der Waals surface area contributed by atoms with Crippen LogP contribution in [0.4, 0.5) is 4.79 Å². The molecule has 3 rings (SSSR count). The summed E-state index contributed by atoms with van der Waals surface area (Å²) in [5, 5.41) is 3.86. The van der Waals surface area contributed by atoms with Crippen molar-refractivity contribution in [2.45, 2.75) is 71.2 Å². The van der Waals surface area contributed by atoms with Crippen LogP contribution in [0.2, 0.25) is 0 Å². The summed E-state index contributed by atoms with van der Waals surface area (Å²) in [5.41, 5.74) is -0.397. The maximum atomic E-state index is 12.1. The molecule has 0 aromatic carbocycles. The first-order valence-corrected chi connectivity index (χ1v) is 9.22. The van der Waals surface area contributed by atoms with E-state index in [1.807, 2.05) is 25.7 Å². The molecule has 2 atom stereocenters. The van der Waals surface area contributed by atoms with Crippen molar-refractivity contribution in [3.05, 3.63) is 0 Å². The Bertz CT molecular complexity index is 426. The highest BCUT2D eigenvalue weighted by Crippen LogP contribution is 2.46. The molecule has 1 aliphatic carbocycles. The Kier molecular flexibility index (Phi) is 4.62. The zero-order valence-corrected chi connectivity index (χ0v) is 15.3. The molecule has 1 amide bonds. The highest BCUT2D eigenvalue weighted by atomic mass is 16.6. The van der Waals surface area contributed by atoms with Crippen LogP contribution in [0.3, 0.4) is 0 Å². The fraction of sp³-hybridized carbons (Fsp3) is 0.944. The SMILES string of the molecule is CC(C)N1CCC(NC2C3CN(C(=O)OC(C)(C)C)CC32)CC1. The van der Waals surface area contributed by atoms with Crippen molar-refractivity contribution in [3.63, 3.8) is 0 Å². The first kappa shape index (κ1) is 17.0. The van der Waals surface area contributed by atoms with Crippen molar-refractivity contribution < 1.29 is 9.53 Å². The summed E-state index contributed by atoms with van der Waals surface area (Å²) in [4.78, 5) is 16.6. The Morgan fingerprint density at radius 1 is 1.13 bits per heavy atom. The van der Waals surface area contributed by atoms with Gasteiger partial charge in [0.15, 0.2) is 0 Å². The maximum absolute atomic E-state index is 12.1. The fourth-order valence-electron chi connectivity index (χ4n) is 4.10. The predicted octanol–water partition coefficient (Wildman–Crippen LogP) is 2.31. The molecule has 2 heterocycles.